The van der Waals surface area contributed by atoms with Gasteiger partial charge in [-0.15, -0.1) is 11.3 Å². The molecular formula is C20H17ClN2O2S2. The van der Waals surface area contributed by atoms with Crippen molar-refractivity contribution >= 4 is 46.4 Å². The second-order valence-electron chi connectivity index (χ2n) is 6.62. The Morgan fingerprint density at radius 3 is 2.78 bits per heavy atom. The van der Waals surface area contributed by atoms with Crippen LogP contribution in [0.15, 0.2) is 57.8 Å². The fourth-order valence-corrected chi connectivity index (χ4v) is 5.31. The lowest BCUT2D eigenvalue weighted by Gasteiger charge is -2.17. The number of anilines is 1. The number of cyclic esters (lactones) is 1. The number of nitrogens with zero attached hydrogens (tertiary/aromatic N) is 1. The highest BCUT2D eigenvalue weighted by Gasteiger charge is 2.37. The van der Waals surface area contributed by atoms with Crippen molar-refractivity contribution in [2.75, 3.05) is 5.32 Å². The van der Waals surface area contributed by atoms with Gasteiger partial charge in [-0.05, 0) is 38.1 Å². The van der Waals surface area contributed by atoms with Gasteiger partial charge in [-0.3, -0.25) is 0 Å². The smallest absolute Gasteiger partial charge is 0.339 e. The van der Waals surface area contributed by atoms with E-state index in [1.807, 2.05) is 62.4 Å². The molecule has 0 unspecified atom stereocenters. The van der Waals surface area contributed by atoms with E-state index in [2.05, 4.69) is 10.3 Å². The van der Waals surface area contributed by atoms with Gasteiger partial charge in [0, 0.05) is 16.1 Å². The highest BCUT2D eigenvalue weighted by atomic mass is 35.5. The van der Waals surface area contributed by atoms with Crippen LogP contribution in [0.4, 0.5) is 5.69 Å². The Kier molecular flexibility index (Phi) is 4.88. The summed E-state index contributed by atoms with van der Waals surface area (Å²) in [5, 5.41) is 3.83. The molecule has 1 aliphatic heterocycles. The van der Waals surface area contributed by atoms with Crippen molar-refractivity contribution in [2.45, 2.75) is 35.2 Å². The van der Waals surface area contributed by atoms with E-state index in [-0.39, 0.29) is 5.97 Å². The number of rotatable bonds is 5. The lowest BCUT2D eigenvalue weighted by molar-refractivity contribution is 0.00954. The number of thiazole rings is 1. The first-order valence-electron chi connectivity index (χ1n) is 8.42. The summed E-state index contributed by atoms with van der Waals surface area (Å²) in [5.41, 5.74) is 1.80. The molecule has 0 fully saturated rings. The topological polar surface area (TPSA) is 51.2 Å². The number of fused-ring (bicyclic) bond motifs is 1. The van der Waals surface area contributed by atoms with Gasteiger partial charge in [0.05, 0.1) is 17.0 Å². The first kappa shape index (κ1) is 18.3. The fraction of sp³-hybridized carbons (Fsp3) is 0.200. The molecule has 0 spiro atoms. The summed E-state index contributed by atoms with van der Waals surface area (Å²) in [6.07, 6.45) is 0. The fourth-order valence-electron chi connectivity index (χ4n) is 2.93. The van der Waals surface area contributed by atoms with E-state index in [0.29, 0.717) is 17.3 Å². The molecule has 27 heavy (non-hydrogen) atoms. The monoisotopic (exact) mass is 416 g/mol. The quantitative estimate of drug-likeness (QED) is 0.519. The van der Waals surface area contributed by atoms with Crippen molar-refractivity contribution < 1.29 is 9.53 Å². The molecule has 0 aliphatic carbocycles. The van der Waals surface area contributed by atoms with Crippen molar-refractivity contribution in [3.8, 4) is 0 Å². The lowest BCUT2D eigenvalue weighted by atomic mass is 9.96. The third-order valence-corrected chi connectivity index (χ3v) is 6.82. The van der Waals surface area contributed by atoms with E-state index >= 15 is 0 Å². The summed E-state index contributed by atoms with van der Waals surface area (Å²) >= 11 is 9.46. The van der Waals surface area contributed by atoms with Gasteiger partial charge in [-0.25, -0.2) is 9.78 Å². The Morgan fingerprint density at radius 2 is 2.00 bits per heavy atom. The molecule has 0 saturated carbocycles. The number of carbonyl (C=O) groups excluding carboxylic acids is 1. The van der Waals surface area contributed by atoms with Gasteiger partial charge >= 0.3 is 5.97 Å². The van der Waals surface area contributed by atoms with Gasteiger partial charge < -0.3 is 10.1 Å². The second kappa shape index (κ2) is 7.19. The van der Waals surface area contributed by atoms with Crippen LogP contribution < -0.4 is 5.32 Å². The summed E-state index contributed by atoms with van der Waals surface area (Å²) in [6, 6.07) is 15.8. The van der Waals surface area contributed by atoms with Crippen LogP contribution in [0.1, 0.15) is 34.6 Å². The number of ether oxygens (including phenoxy) is 1. The first-order chi connectivity index (χ1) is 12.9. The van der Waals surface area contributed by atoms with Crippen molar-refractivity contribution in [3.63, 3.8) is 0 Å². The van der Waals surface area contributed by atoms with Crippen LogP contribution in [0.3, 0.4) is 0 Å². The number of esters is 1. The van der Waals surface area contributed by atoms with Gasteiger partial charge in [0.15, 0.2) is 4.34 Å². The van der Waals surface area contributed by atoms with Crippen molar-refractivity contribution in [3.05, 3.63) is 69.7 Å². The zero-order chi connectivity index (χ0) is 19.0. The highest BCUT2D eigenvalue weighted by Crippen LogP contribution is 2.38. The maximum Gasteiger partial charge on any atom is 0.339 e. The average molecular weight is 417 g/mol. The third-order valence-electron chi connectivity index (χ3n) is 4.27. The Balaban J connectivity index is 1.47. The van der Waals surface area contributed by atoms with E-state index in [1.54, 1.807) is 23.1 Å². The van der Waals surface area contributed by atoms with Gasteiger partial charge in [0.25, 0.3) is 0 Å². The number of nitrogens with one attached hydrogen (secondary N) is 1. The molecule has 4 rings (SSSR count). The van der Waals surface area contributed by atoms with Gasteiger partial charge in [-0.2, -0.15) is 0 Å². The largest absolute Gasteiger partial charge is 0.451 e. The van der Waals surface area contributed by atoms with Crippen molar-refractivity contribution in [1.29, 1.82) is 0 Å². The minimum absolute atomic E-state index is 0.281. The zero-order valence-corrected chi connectivity index (χ0v) is 17.2. The van der Waals surface area contributed by atoms with Crippen LogP contribution in [0.25, 0.3) is 0 Å². The van der Waals surface area contributed by atoms with Gasteiger partial charge in [-0.1, -0.05) is 47.6 Å². The van der Waals surface area contributed by atoms with Crippen LogP contribution in [-0.4, -0.2) is 11.0 Å². The SMILES string of the molecule is CC1(C)OC(=O)c2cc(NCc3sc(Sc4ccccc4)nc3Cl)ccc21. The molecule has 0 saturated heterocycles. The second-order valence-corrected chi connectivity index (χ2v) is 9.38. The number of carbonyl (C=O) groups is 1. The van der Waals surface area contributed by atoms with E-state index in [0.717, 1.165) is 25.4 Å². The number of aromatic nitrogens is 1. The molecule has 2 heterocycles. The molecule has 0 radical (unpaired) electrons. The summed E-state index contributed by atoms with van der Waals surface area (Å²) in [5.74, 6) is -0.281. The Hall–Kier alpha value is -2.02. The molecule has 0 atom stereocenters. The predicted octanol–water partition coefficient (Wildman–Crippen LogP) is 5.97. The van der Waals surface area contributed by atoms with E-state index < -0.39 is 5.60 Å². The molecule has 7 heteroatoms. The molecule has 1 N–H and O–H groups in total. The number of benzene rings is 2. The maximum absolute atomic E-state index is 12.1. The highest BCUT2D eigenvalue weighted by molar-refractivity contribution is 8.01. The molecule has 3 aromatic rings. The van der Waals surface area contributed by atoms with Crippen LogP contribution >= 0.6 is 34.7 Å². The lowest BCUT2D eigenvalue weighted by Crippen LogP contribution is -2.15. The predicted molar refractivity (Wildman–Crippen MR) is 110 cm³/mol. The molecule has 0 amide bonds. The Labute approximate surface area is 170 Å². The minimum atomic E-state index is -0.574. The van der Waals surface area contributed by atoms with Crippen molar-refractivity contribution in [2.24, 2.45) is 0 Å². The molecule has 4 nitrogen and oxygen atoms in total. The van der Waals surface area contributed by atoms with E-state index in [9.17, 15) is 4.79 Å². The summed E-state index contributed by atoms with van der Waals surface area (Å²) in [4.78, 5) is 18.6. The molecule has 1 aliphatic rings. The van der Waals surface area contributed by atoms with Crippen LogP contribution in [0.5, 0.6) is 0 Å². The molecular weight excluding hydrogens is 400 g/mol. The summed E-state index contributed by atoms with van der Waals surface area (Å²) in [7, 11) is 0. The van der Waals surface area contributed by atoms with Crippen LogP contribution in [0, 0.1) is 0 Å². The zero-order valence-electron chi connectivity index (χ0n) is 14.8. The summed E-state index contributed by atoms with van der Waals surface area (Å²) < 4.78 is 6.32. The number of hydrogen-bond acceptors (Lipinski definition) is 6. The van der Waals surface area contributed by atoms with Crippen molar-refractivity contribution in [1.82, 2.24) is 4.98 Å². The van der Waals surface area contributed by atoms with Crippen LogP contribution in [0.2, 0.25) is 5.15 Å². The normalized spacial score (nSPS) is 14.7. The van der Waals surface area contributed by atoms with Gasteiger partial charge in [0.2, 0.25) is 0 Å². The summed E-state index contributed by atoms with van der Waals surface area (Å²) in [6.45, 7) is 4.34. The van der Waals surface area contributed by atoms with Crippen LogP contribution in [-0.2, 0) is 16.9 Å². The van der Waals surface area contributed by atoms with E-state index in [1.165, 1.54) is 0 Å². The average Bonchev–Trinajstić information content (AvgIpc) is 3.10. The van der Waals surface area contributed by atoms with Gasteiger partial charge in [0.1, 0.15) is 10.8 Å². The number of hydrogen-bond donors (Lipinski definition) is 1. The minimum Gasteiger partial charge on any atom is -0.451 e. The molecule has 2 aromatic carbocycles. The maximum atomic E-state index is 12.1. The number of halogens is 1. The molecule has 1 aromatic heterocycles. The Morgan fingerprint density at radius 1 is 1.22 bits per heavy atom. The molecule has 138 valence electrons. The molecule has 0 bridgehead atoms. The standard InChI is InChI=1S/C20H17ClN2O2S2/c1-20(2)15-9-8-12(10-14(15)18(24)25-20)22-11-16-17(21)23-19(27-16)26-13-6-4-3-5-7-13/h3-10,22H,11H2,1-2H3. The van der Waals surface area contributed by atoms with E-state index in [4.69, 9.17) is 16.3 Å². The third kappa shape index (κ3) is 3.83. The first-order valence-corrected chi connectivity index (χ1v) is 10.4. The Bertz CT molecular complexity index is 1000.